The summed E-state index contributed by atoms with van der Waals surface area (Å²) >= 11 is 0. The van der Waals surface area contributed by atoms with E-state index in [0.717, 1.165) is 32.7 Å². The topological polar surface area (TPSA) is 74.1 Å². The van der Waals surface area contributed by atoms with Crippen LogP contribution in [0.4, 0.5) is 0 Å². The fourth-order valence-electron chi connectivity index (χ4n) is 1.85. The summed E-state index contributed by atoms with van der Waals surface area (Å²) < 4.78 is 0. The van der Waals surface area contributed by atoms with Gasteiger partial charge in [0.05, 0.1) is 0 Å². The second-order valence-electron chi connectivity index (χ2n) is 6.11. The third kappa shape index (κ3) is 12.8. The Bertz CT molecular complexity index is 210. The first-order valence-electron chi connectivity index (χ1n) is 8.12. The van der Waals surface area contributed by atoms with Crippen LogP contribution in [0.5, 0.6) is 0 Å². The Kier molecular flexibility index (Phi) is 12.4. The van der Waals surface area contributed by atoms with Crippen molar-refractivity contribution in [2.75, 3.05) is 32.7 Å². The molecule has 0 radical (unpaired) electrons. The molecule has 0 aliphatic rings. The molecule has 0 spiro atoms. The van der Waals surface area contributed by atoms with Gasteiger partial charge in [-0.15, -0.1) is 0 Å². The van der Waals surface area contributed by atoms with Crippen LogP contribution < -0.4 is 27.0 Å². The molecule has 0 aromatic heterocycles. The summed E-state index contributed by atoms with van der Waals surface area (Å²) in [4.78, 5) is 0. The van der Waals surface area contributed by atoms with Gasteiger partial charge in [0.1, 0.15) is 0 Å². The normalized spacial score (nSPS) is 17.7. The van der Waals surface area contributed by atoms with Crippen molar-refractivity contribution < 1.29 is 0 Å². The SMILES string of the molecule is CCCNCC(C)NCC(C)NCC(C)NCC(C)N. The maximum Gasteiger partial charge on any atom is 0.0164 e. The highest BCUT2D eigenvalue weighted by Crippen LogP contribution is 1.86. The van der Waals surface area contributed by atoms with Crippen LogP contribution in [0.1, 0.15) is 41.0 Å². The number of nitrogens with two attached hydrogens (primary N) is 1. The second kappa shape index (κ2) is 12.5. The van der Waals surface area contributed by atoms with Crippen molar-refractivity contribution in [2.24, 2.45) is 5.73 Å². The van der Waals surface area contributed by atoms with E-state index in [2.05, 4.69) is 49.0 Å². The highest BCUT2D eigenvalue weighted by atomic mass is 15.0. The lowest BCUT2D eigenvalue weighted by Gasteiger charge is -2.22. The van der Waals surface area contributed by atoms with E-state index in [0.29, 0.717) is 18.1 Å². The first kappa shape index (κ1) is 19.8. The summed E-state index contributed by atoms with van der Waals surface area (Å²) in [5.41, 5.74) is 5.73. The molecule has 0 heterocycles. The van der Waals surface area contributed by atoms with Crippen LogP contribution in [0.2, 0.25) is 0 Å². The largest absolute Gasteiger partial charge is 0.327 e. The monoisotopic (exact) mass is 287 g/mol. The molecule has 4 unspecified atom stereocenters. The molecule has 122 valence electrons. The molecule has 0 fully saturated rings. The van der Waals surface area contributed by atoms with E-state index in [1.54, 1.807) is 0 Å². The van der Waals surface area contributed by atoms with Crippen molar-refractivity contribution in [3.63, 3.8) is 0 Å². The van der Waals surface area contributed by atoms with Gasteiger partial charge < -0.3 is 27.0 Å². The Balaban J connectivity index is 3.54. The molecule has 0 saturated heterocycles. The Labute approximate surface area is 125 Å². The van der Waals surface area contributed by atoms with E-state index in [1.807, 2.05) is 6.92 Å². The third-order valence-electron chi connectivity index (χ3n) is 3.21. The first-order valence-corrected chi connectivity index (χ1v) is 8.12. The number of nitrogens with one attached hydrogen (secondary N) is 4. The molecule has 0 bridgehead atoms. The van der Waals surface area contributed by atoms with Crippen LogP contribution in [0.15, 0.2) is 0 Å². The smallest absolute Gasteiger partial charge is 0.0164 e. The lowest BCUT2D eigenvalue weighted by atomic mass is 10.2. The second-order valence-corrected chi connectivity index (χ2v) is 6.11. The molecule has 0 saturated carbocycles. The fraction of sp³-hybridized carbons (Fsp3) is 1.00. The highest BCUT2D eigenvalue weighted by molar-refractivity contribution is 4.73. The Morgan fingerprint density at radius 2 is 1.20 bits per heavy atom. The molecule has 4 atom stereocenters. The molecule has 5 heteroatoms. The average Bonchev–Trinajstić information content (AvgIpc) is 2.40. The molecule has 5 nitrogen and oxygen atoms in total. The van der Waals surface area contributed by atoms with Crippen LogP contribution in [0.25, 0.3) is 0 Å². The first-order chi connectivity index (χ1) is 9.45. The van der Waals surface area contributed by atoms with Gasteiger partial charge in [0.15, 0.2) is 0 Å². The molecule has 0 aliphatic heterocycles. The van der Waals surface area contributed by atoms with E-state index in [4.69, 9.17) is 5.73 Å². The average molecular weight is 287 g/mol. The molecule has 20 heavy (non-hydrogen) atoms. The van der Waals surface area contributed by atoms with E-state index in [-0.39, 0.29) is 6.04 Å². The van der Waals surface area contributed by atoms with Crippen LogP contribution in [0, 0.1) is 0 Å². The molecule has 0 amide bonds. The molecule has 0 aromatic rings. The standard InChI is InChI=1S/C15H37N5/c1-6-7-17-9-13(3)19-11-15(5)20-10-14(4)18-8-12(2)16/h12-15,17-20H,6-11,16H2,1-5H3. The Morgan fingerprint density at radius 1 is 0.750 bits per heavy atom. The van der Waals surface area contributed by atoms with Gasteiger partial charge in [-0.1, -0.05) is 6.92 Å². The van der Waals surface area contributed by atoms with Gasteiger partial charge in [-0.3, -0.25) is 0 Å². The van der Waals surface area contributed by atoms with Crippen molar-refractivity contribution in [1.82, 2.24) is 21.3 Å². The molecule has 0 rings (SSSR count). The zero-order valence-corrected chi connectivity index (χ0v) is 14.1. The minimum Gasteiger partial charge on any atom is -0.327 e. The number of hydrogen-bond donors (Lipinski definition) is 5. The summed E-state index contributed by atoms with van der Waals surface area (Å²) in [7, 11) is 0. The van der Waals surface area contributed by atoms with E-state index < -0.39 is 0 Å². The van der Waals surface area contributed by atoms with Gasteiger partial charge in [-0.05, 0) is 40.7 Å². The quantitative estimate of drug-likeness (QED) is 0.314. The molecule has 6 N–H and O–H groups in total. The van der Waals surface area contributed by atoms with Crippen molar-refractivity contribution in [2.45, 2.75) is 65.2 Å². The van der Waals surface area contributed by atoms with Gasteiger partial charge in [-0.25, -0.2) is 0 Å². The molecular weight excluding hydrogens is 250 g/mol. The summed E-state index contributed by atoms with van der Waals surface area (Å²) in [5.74, 6) is 0. The summed E-state index contributed by atoms with van der Waals surface area (Å²) in [6, 6.07) is 1.66. The Morgan fingerprint density at radius 3 is 1.65 bits per heavy atom. The minimum absolute atomic E-state index is 0.216. The van der Waals surface area contributed by atoms with Gasteiger partial charge in [0.2, 0.25) is 0 Å². The highest BCUT2D eigenvalue weighted by Gasteiger charge is 2.07. The molecule has 0 aromatic carbocycles. The van der Waals surface area contributed by atoms with Crippen molar-refractivity contribution in [3.05, 3.63) is 0 Å². The lowest BCUT2D eigenvalue weighted by molar-refractivity contribution is 0.416. The lowest BCUT2D eigenvalue weighted by Crippen LogP contribution is -2.47. The van der Waals surface area contributed by atoms with Gasteiger partial charge in [0, 0.05) is 50.3 Å². The van der Waals surface area contributed by atoms with E-state index in [1.165, 1.54) is 6.42 Å². The van der Waals surface area contributed by atoms with Crippen molar-refractivity contribution in [1.29, 1.82) is 0 Å². The zero-order valence-electron chi connectivity index (χ0n) is 14.1. The van der Waals surface area contributed by atoms with Crippen LogP contribution in [-0.2, 0) is 0 Å². The predicted molar refractivity (Wildman–Crippen MR) is 89.2 cm³/mol. The summed E-state index contributed by atoms with van der Waals surface area (Å²) in [6.07, 6.45) is 1.19. The number of rotatable bonds is 13. The van der Waals surface area contributed by atoms with E-state index in [9.17, 15) is 0 Å². The van der Waals surface area contributed by atoms with E-state index >= 15 is 0 Å². The van der Waals surface area contributed by atoms with Crippen LogP contribution in [-0.4, -0.2) is 56.9 Å². The van der Waals surface area contributed by atoms with Gasteiger partial charge >= 0.3 is 0 Å². The summed E-state index contributed by atoms with van der Waals surface area (Å²) in [6.45, 7) is 15.8. The van der Waals surface area contributed by atoms with Crippen LogP contribution in [0.3, 0.4) is 0 Å². The Hall–Kier alpha value is -0.200. The maximum absolute atomic E-state index is 5.73. The molecule has 0 aliphatic carbocycles. The van der Waals surface area contributed by atoms with Crippen LogP contribution >= 0.6 is 0 Å². The minimum atomic E-state index is 0.216. The predicted octanol–water partition coefficient (Wildman–Crippen LogP) is 0.268. The fourth-order valence-corrected chi connectivity index (χ4v) is 1.85. The van der Waals surface area contributed by atoms with Gasteiger partial charge in [-0.2, -0.15) is 0 Å². The molecular formula is C15H37N5. The van der Waals surface area contributed by atoms with Crippen molar-refractivity contribution >= 4 is 0 Å². The van der Waals surface area contributed by atoms with Gasteiger partial charge in [0.25, 0.3) is 0 Å². The summed E-state index contributed by atoms with van der Waals surface area (Å²) in [5, 5.41) is 13.9. The number of hydrogen-bond acceptors (Lipinski definition) is 5. The maximum atomic E-state index is 5.73. The third-order valence-corrected chi connectivity index (χ3v) is 3.21. The van der Waals surface area contributed by atoms with Crippen molar-refractivity contribution in [3.8, 4) is 0 Å². The zero-order chi connectivity index (χ0) is 15.4.